The van der Waals surface area contributed by atoms with Crippen molar-refractivity contribution in [3.05, 3.63) is 47.0 Å². The van der Waals surface area contributed by atoms with Crippen molar-refractivity contribution in [2.45, 2.75) is 25.1 Å². The Morgan fingerprint density at radius 2 is 1.79 bits per heavy atom. The number of fused-ring (bicyclic) bond motifs is 1. The molecule has 0 amide bonds. The van der Waals surface area contributed by atoms with Gasteiger partial charge in [-0.25, -0.2) is 0 Å². The zero-order chi connectivity index (χ0) is 9.60. The first-order valence-electron chi connectivity index (χ1n) is 5.44. The monoisotopic (exact) mass is 199 g/mol. The summed E-state index contributed by atoms with van der Waals surface area (Å²) in [6, 6.07) is 11.7. The fraction of sp³-hybridized carbons (Fsp3) is 0.308. The van der Waals surface area contributed by atoms with Crippen LogP contribution in [-0.2, 0) is 0 Å². The standard InChI is InChI=1S/C13H15Si/c1-14(7-4-8-14)13-9-11-5-2-3-6-12(11)10-13/h2-3,5-6,9-10H,4,7-8H2,1H3. The molecule has 0 spiro atoms. The van der Waals surface area contributed by atoms with Crippen LogP contribution in [0.5, 0.6) is 0 Å². The molecule has 0 N–H and O–H groups in total. The molecule has 0 bridgehead atoms. The van der Waals surface area contributed by atoms with E-state index >= 15 is 0 Å². The maximum absolute atomic E-state index is 2.53. The van der Waals surface area contributed by atoms with Gasteiger partial charge >= 0.3 is 0 Å². The Morgan fingerprint density at radius 1 is 1.07 bits per heavy atom. The Balaban J connectivity index is 1.95. The third-order valence-corrected chi connectivity index (χ3v) is 8.37. The molecule has 1 aliphatic heterocycles. The highest BCUT2D eigenvalue weighted by Crippen LogP contribution is 2.43. The van der Waals surface area contributed by atoms with Crippen LogP contribution in [0.3, 0.4) is 0 Å². The number of allylic oxidation sites excluding steroid dienone is 1. The number of hydrogen-bond donors (Lipinski definition) is 0. The van der Waals surface area contributed by atoms with Crippen LogP contribution in [-0.4, -0.2) is 8.07 Å². The van der Waals surface area contributed by atoms with Gasteiger partial charge in [0.2, 0.25) is 0 Å². The smallest absolute Gasteiger partial charge is 0.0717 e. The Hall–Kier alpha value is -0.823. The van der Waals surface area contributed by atoms with Gasteiger partial charge in [-0.1, -0.05) is 60.6 Å². The highest BCUT2D eigenvalue weighted by molar-refractivity contribution is 6.88. The molecule has 0 aromatic heterocycles. The van der Waals surface area contributed by atoms with Crippen molar-refractivity contribution in [1.29, 1.82) is 0 Å². The molecule has 0 saturated carbocycles. The van der Waals surface area contributed by atoms with Gasteiger partial charge in [0.05, 0.1) is 8.07 Å². The van der Waals surface area contributed by atoms with Crippen LogP contribution in [0.4, 0.5) is 0 Å². The van der Waals surface area contributed by atoms with Gasteiger partial charge in [-0.05, 0) is 11.1 Å². The second kappa shape index (κ2) is 2.83. The summed E-state index contributed by atoms with van der Waals surface area (Å²) in [5.41, 5.74) is 2.87. The minimum Gasteiger partial charge on any atom is -0.0717 e. The molecule has 0 nitrogen and oxygen atoms in total. The van der Waals surface area contributed by atoms with E-state index in [1.807, 2.05) is 0 Å². The van der Waals surface area contributed by atoms with E-state index in [-0.39, 0.29) is 0 Å². The molecule has 1 radical (unpaired) electrons. The van der Waals surface area contributed by atoms with Gasteiger partial charge in [-0.3, -0.25) is 0 Å². The number of rotatable bonds is 1. The summed E-state index contributed by atoms with van der Waals surface area (Å²) >= 11 is 0. The Bertz CT molecular complexity index is 399. The van der Waals surface area contributed by atoms with Gasteiger partial charge in [-0.2, -0.15) is 0 Å². The van der Waals surface area contributed by atoms with Crippen molar-refractivity contribution < 1.29 is 0 Å². The lowest BCUT2D eigenvalue weighted by molar-refractivity contribution is 0.909. The molecular weight excluding hydrogens is 184 g/mol. The fourth-order valence-electron chi connectivity index (χ4n) is 2.49. The average Bonchev–Trinajstić information content (AvgIpc) is 2.57. The zero-order valence-corrected chi connectivity index (χ0v) is 9.59. The normalized spacial score (nSPS) is 22.5. The highest BCUT2D eigenvalue weighted by atomic mass is 28.3. The zero-order valence-electron chi connectivity index (χ0n) is 8.59. The quantitative estimate of drug-likeness (QED) is 0.606. The van der Waals surface area contributed by atoms with Crippen LogP contribution in [0, 0.1) is 6.42 Å². The summed E-state index contributed by atoms with van der Waals surface area (Å²) in [7, 11) is -0.956. The molecule has 1 aromatic carbocycles. The second-order valence-corrected chi connectivity index (χ2v) is 9.49. The van der Waals surface area contributed by atoms with Crippen LogP contribution in [0.15, 0.2) is 29.5 Å². The molecule has 0 atom stereocenters. The molecule has 1 aliphatic carbocycles. The van der Waals surface area contributed by atoms with Crippen LogP contribution < -0.4 is 0 Å². The first kappa shape index (κ1) is 8.48. The van der Waals surface area contributed by atoms with E-state index in [2.05, 4.69) is 43.3 Å². The van der Waals surface area contributed by atoms with Crippen molar-refractivity contribution in [2.75, 3.05) is 0 Å². The topological polar surface area (TPSA) is 0 Å². The summed E-state index contributed by atoms with van der Waals surface area (Å²) in [5, 5.41) is 1.69. The Kier molecular flexibility index (Phi) is 1.72. The molecule has 1 saturated heterocycles. The van der Waals surface area contributed by atoms with Gasteiger partial charge in [0.15, 0.2) is 0 Å². The van der Waals surface area contributed by atoms with Crippen LogP contribution >= 0.6 is 0 Å². The van der Waals surface area contributed by atoms with E-state index < -0.39 is 8.07 Å². The van der Waals surface area contributed by atoms with E-state index in [1.165, 1.54) is 29.6 Å². The molecule has 14 heavy (non-hydrogen) atoms. The van der Waals surface area contributed by atoms with Gasteiger partial charge in [0, 0.05) is 6.42 Å². The largest absolute Gasteiger partial charge is 0.0793 e. The van der Waals surface area contributed by atoms with Gasteiger partial charge in [0.25, 0.3) is 0 Å². The molecule has 0 unspecified atom stereocenters. The van der Waals surface area contributed by atoms with E-state index in [1.54, 1.807) is 5.20 Å². The number of benzene rings is 1. The Morgan fingerprint density at radius 3 is 2.36 bits per heavy atom. The van der Waals surface area contributed by atoms with Crippen molar-refractivity contribution >= 4 is 14.1 Å². The summed E-state index contributed by atoms with van der Waals surface area (Å²) in [6.07, 6.45) is 6.33. The molecule has 1 fully saturated rings. The summed E-state index contributed by atoms with van der Waals surface area (Å²) in [5.74, 6) is 0. The SMILES string of the molecule is C[Si]1(C2=Cc3ccccc3[CH]2)CCC1. The summed E-state index contributed by atoms with van der Waals surface area (Å²) in [6.45, 7) is 2.53. The maximum Gasteiger partial charge on any atom is 0.0793 e. The predicted octanol–water partition coefficient (Wildman–Crippen LogP) is 3.66. The molecule has 1 heteroatoms. The Labute approximate surface area is 86.7 Å². The lowest BCUT2D eigenvalue weighted by atomic mass is 10.1. The van der Waals surface area contributed by atoms with E-state index in [9.17, 15) is 0 Å². The maximum atomic E-state index is 2.53. The highest BCUT2D eigenvalue weighted by Gasteiger charge is 2.39. The molecule has 3 rings (SSSR count). The first-order valence-corrected chi connectivity index (χ1v) is 8.35. The summed E-state index contributed by atoms with van der Waals surface area (Å²) in [4.78, 5) is 0. The molecule has 2 aliphatic rings. The third kappa shape index (κ3) is 1.12. The molecule has 1 aromatic rings. The summed E-state index contributed by atoms with van der Waals surface area (Å²) < 4.78 is 0. The van der Waals surface area contributed by atoms with Crippen LogP contribution in [0.1, 0.15) is 17.5 Å². The lowest BCUT2D eigenvalue weighted by Gasteiger charge is -2.37. The third-order valence-electron chi connectivity index (χ3n) is 3.77. The average molecular weight is 199 g/mol. The van der Waals surface area contributed by atoms with Crippen molar-refractivity contribution in [3.8, 4) is 0 Å². The van der Waals surface area contributed by atoms with Crippen LogP contribution in [0.2, 0.25) is 18.6 Å². The van der Waals surface area contributed by atoms with Gasteiger partial charge in [-0.15, -0.1) is 0 Å². The first-order chi connectivity index (χ1) is 6.78. The van der Waals surface area contributed by atoms with Crippen molar-refractivity contribution in [2.24, 2.45) is 0 Å². The molecular formula is C13H15Si. The second-order valence-electron chi connectivity index (χ2n) is 4.79. The number of hydrogen-bond acceptors (Lipinski definition) is 0. The van der Waals surface area contributed by atoms with E-state index in [0.29, 0.717) is 0 Å². The van der Waals surface area contributed by atoms with Crippen molar-refractivity contribution in [1.82, 2.24) is 0 Å². The lowest BCUT2D eigenvalue weighted by Crippen LogP contribution is -2.39. The van der Waals surface area contributed by atoms with Crippen molar-refractivity contribution in [3.63, 3.8) is 0 Å². The molecule has 1 heterocycles. The van der Waals surface area contributed by atoms with Gasteiger partial charge < -0.3 is 0 Å². The molecule has 71 valence electrons. The van der Waals surface area contributed by atoms with E-state index in [0.717, 1.165) is 0 Å². The fourth-order valence-corrected chi connectivity index (χ4v) is 5.49. The van der Waals surface area contributed by atoms with Gasteiger partial charge in [0.1, 0.15) is 0 Å². The minimum atomic E-state index is -0.956. The minimum absolute atomic E-state index is 0.956. The van der Waals surface area contributed by atoms with Crippen LogP contribution in [0.25, 0.3) is 6.08 Å². The predicted molar refractivity (Wildman–Crippen MR) is 63.7 cm³/mol. The van der Waals surface area contributed by atoms with E-state index in [4.69, 9.17) is 0 Å².